The molecule has 2 heterocycles. The molecule has 0 unspecified atom stereocenters. The van der Waals surface area contributed by atoms with Gasteiger partial charge in [0.2, 0.25) is 0 Å². The molecule has 0 atom stereocenters. The average Bonchev–Trinajstić information content (AvgIpc) is 2.55. The van der Waals surface area contributed by atoms with Crippen LogP contribution in [0.3, 0.4) is 0 Å². The van der Waals surface area contributed by atoms with Crippen LogP contribution in [0.25, 0.3) is 0 Å². The van der Waals surface area contributed by atoms with E-state index in [2.05, 4.69) is 42.0 Å². The van der Waals surface area contributed by atoms with Crippen molar-refractivity contribution >= 4 is 53.1 Å². The molecular formula is C14H4K2N4O6Se2. The Kier molecular flexibility index (Phi) is 15.4. The summed E-state index contributed by atoms with van der Waals surface area (Å²) < 4.78 is 0.440. The average molecular weight is 560 g/mol. The van der Waals surface area contributed by atoms with E-state index in [0.29, 0.717) is 0 Å². The number of nitrogens with one attached hydrogen (secondary N) is 2. The molecule has 28 heavy (non-hydrogen) atoms. The standard InChI is InChI=1S/2C7H3N2O3Se.2K/c2*8-2-3-1-4(7(11)12)5(10)9-6(3)13;;/h2*1H,(H,9,10)(H,11,12);;/q;;2*+1/p-2. The van der Waals surface area contributed by atoms with Crippen molar-refractivity contribution in [3.05, 3.63) is 55.1 Å². The predicted molar refractivity (Wildman–Crippen MR) is 83.0 cm³/mol. The van der Waals surface area contributed by atoms with Crippen LogP contribution in [-0.2, 0) is 0 Å². The van der Waals surface area contributed by atoms with Crippen LogP contribution in [0.5, 0.6) is 0 Å². The van der Waals surface area contributed by atoms with Crippen molar-refractivity contribution in [2.45, 2.75) is 0 Å². The molecule has 2 N–H and O–H groups in total. The summed E-state index contributed by atoms with van der Waals surface area (Å²) in [5.41, 5.74) is -2.52. The second-order valence-electron chi connectivity index (χ2n) is 4.31. The molecule has 0 amide bonds. The smallest absolute Gasteiger partial charge is 1.00 e. The van der Waals surface area contributed by atoms with E-state index in [1.807, 2.05) is 0 Å². The number of carbonyl (C=O) groups excluding carboxylic acids is 2. The SMILES string of the molecule is N#Cc1cc(C(=O)[O-])c(=O)[nH]c1[Se].N#Cc1cc(C(=O)[O-])c(=O)[nH]c1[Se].[K+].[K+]. The Morgan fingerprint density at radius 1 is 0.821 bits per heavy atom. The number of carbonyl (C=O) groups is 2. The molecule has 2 aromatic heterocycles. The van der Waals surface area contributed by atoms with Gasteiger partial charge in [-0.05, 0) is 0 Å². The number of rotatable bonds is 2. The summed E-state index contributed by atoms with van der Waals surface area (Å²) in [4.78, 5) is 47.0. The number of aromatic amines is 2. The van der Waals surface area contributed by atoms with Gasteiger partial charge >= 0.3 is 263 Å². The Labute approximate surface area is 258 Å². The zero-order valence-corrected chi connectivity index (χ0v) is 24.0. The molecule has 0 spiro atoms. The normalized spacial score (nSPS) is 8.50. The molecule has 0 saturated heterocycles. The number of nitrogens with zero attached hydrogens (tertiary/aromatic N) is 2. The van der Waals surface area contributed by atoms with E-state index in [1.165, 1.54) is 0 Å². The fraction of sp³-hybridized carbons (Fsp3) is 0. The van der Waals surface area contributed by atoms with Gasteiger partial charge < -0.3 is 0 Å². The van der Waals surface area contributed by atoms with Crippen molar-refractivity contribution in [1.82, 2.24) is 9.97 Å². The van der Waals surface area contributed by atoms with Crippen LogP contribution in [0.1, 0.15) is 31.8 Å². The molecule has 10 nitrogen and oxygen atoms in total. The van der Waals surface area contributed by atoms with Crippen molar-refractivity contribution in [3.8, 4) is 12.1 Å². The minimum absolute atomic E-state index is 0. The molecular weight excluding hydrogens is 556 g/mol. The predicted octanol–water partition coefficient (Wildman–Crippen LogP) is -11.2. The topological polar surface area (TPSA) is 194 Å². The summed E-state index contributed by atoms with van der Waals surface area (Å²) in [6.45, 7) is 0. The number of nitriles is 2. The van der Waals surface area contributed by atoms with Gasteiger partial charge in [0.25, 0.3) is 0 Å². The summed E-state index contributed by atoms with van der Waals surface area (Å²) >= 11 is 4.87. The van der Waals surface area contributed by atoms with Gasteiger partial charge in [-0.25, -0.2) is 0 Å². The van der Waals surface area contributed by atoms with Gasteiger partial charge in [-0.3, -0.25) is 0 Å². The molecule has 0 saturated carbocycles. The first kappa shape index (κ1) is 30.3. The number of aromatic carboxylic acids is 2. The third kappa shape index (κ3) is 8.47. The van der Waals surface area contributed by atoms with E-state index in [-0.39, 0.29) is 123 Å². The number of carboxylic acid groups (broad SMARTS) is 2. The maximum Gasteiger partial charge on any atom is 1.00 e. The minimum atomic E-state index is -1.60. The molecule has 0 fully saturated rings. The third-order valence-electron chi connectivity index (χ3n) is 2.69. The van der Waals surface area contributed by atoms with Crippen LogP contribution < -0.4 is 133 Å². The van der Waals surface area contributed by atoms with Gasteiger partial charge in [-0.15, -0.1) is 0 Å². The quantitative estimate of drug-likeness (QED) is 0.338. The Morgan fingerprint density at radius 3 is 1.32 bits per heavy atom. The number of aromatic nitrogens is 2. The number of pyridine rings is 2. The molecule has 0 aliphatic heterocycles. The molecule has 2 aromatic rings. The van der Waals surface area contributed by atoms with Gasteiger partial charge in [0.15, 0.2) is 0 Å². The van der Waals surface area contributed by atoms with Crippen LogP contribution in [0, 0.1) is 22.7 Å². The van der Waals surface area contributed by atoms with Crippen LogP contribution in [0.15, 0.2) is 21.7 Å². The second-order valence-corrected chi connectivity index (χ2v) is 6.02. The Balaban J connectivity index is 0. The van der Waals surface area contributed by atoms with Crippen molar-refractivity contribution in [2.24, 2.45) is 0 Å². The second kappa shape index (κ2) is 14.2. The third-order valence-corrected chi connectivity index (χ3v) is 4.04. The summed E-state index contributed by atoms with van der Waals surface area (Å²) in [5.74, 6) is -3.20. The summed E-state index contributed by atoms with van der Waals surface area (Å²) in [5, 5.41) is 37.7. The molecule has 14 heteroatoms. The first-order chi connectivity index (χ1) is 12.1. The van der Waals surface area contributed by atoms with Gasteiger partial charge in [0.1, 0.15) is 0 Å². The van der Waals surface area contributed by atoms with Gasteiger partial charge in [-0.2, -0.15) is 0 Å². The fourth-order valence-corrected chi connectivity index (χ4v) is 2.32. The summed E-state index contributed by atoms with van der Waals surface area (Å²) in [6, 6.07) is 5.39. The molecule has 0 aliphatic carbocycles. The Bertz CT molecular complexity index is 1010. The van der Waals surface area contributed by atoms with E-state index in [1.54, 1.807) is 12.1 Å². The molecule has 0 aliphatic rings. The first-order valence-corrected chi connectivity index (χ1v) is 7.95. The summed E-state index contributed by atoms with van der Waals surface area (Å²) in [7, 11) is 0. The number of hydrogen-bond donors (Lipinski definition) is 2. The van der Waals surface area contributed by atoms with E-state index >= 15 is 0 Å². The van der Waals surface area contributed by atoms with Crippen LogP contribution >= 0.6 is 0 Å². The zero-order chi connectivity index (χ0) is 20.0. The van der Waals surface area contributed by atoms with E-state index in [4.69, 9.17) is 10.5 Å². The fourth-order valence-electron chi connectivity index (χ4n) is 1.50. The van der Waals surface area contributed by atoms with Gasteiger partial charge in [-0.1, -0.05) is 0 Å². The minimum Gasteiger partial charge on any atom is 1.00 e. The summed E-state index contributed by atoms with van der Waals surface area (Å²) in [6.07, 6.45) is 0. The zero-order valence-electron chi connectivity index (χ0n) is 14.3. The van der Waals surface area contributed by atoms with Crippen LogP contribution in [0.4, 0.5) is 0 Å². The maximum atomic E-state index is 10.9. The van der Waals surface area contributed by atoms with Gasteiger partial charge in [0.05, 0.1) is 0 Å². The Hall–Kier alpha value is 0.132. The maximum absolute atomic E-state index is 10.9. The Morgan fingerprint density at radius 2 is 1.11 bits per heavy atom. The molecule has 2 radical (unpaired) electrons. The molecule has 0 aromatic carbocycles. The molecule has 130 valence electrons. The van der Waals surface area contributed by atoms with Crippen LogP contribution in [0.2, 0.25) is 0 Å². The van der Waals surface area contributed by atoms with Crippen molar-refractivity contribution in [1.29, 1.82) is 10.5 Å². The van der Waals surface area contributed by atoms with Gasteiger partial charge in [0, 0.05) is 0 Å². The number of carboxylic acids is 2. The first-order valence-electron chi connectivity index (χ1n) is 6.23. The van der Waals surface area contributed by atoms with Crippen molar-refractivity contribution in [3.63, 3.8) is 0 Å². The number of hydrogen-bond acceptors (Lipinski definition) is 8. The van der Waals surface area contributed by atoms with Crippen molar-refractivity contribution in [2.75, 3.05) is 0 Å². The van der Waals surface area contributed by atoms with E-state index in [0.717, 1.165) is 12.1 Å². The largest absolute Gasteiger partial charge is 1.00 e. The van der Waals surface area contributed by atoms with E-state index in [9.17, 15) is 29.4 Å². The number of H-pyrrole nitrogens is 2. The molecule has 2 rings (SSSR count). The monoisotopic (exact) mass is 562 g/mol. The van der Waals surface area contributed by atoms with E-state index < -0.39 is 34.2 Å². The molecule has 0 bridgehead atoms. The van der Waals surface area contributed by atoms with Crippen LogP contribution in [-0.4, -0.2) is 53.9 Å². The van der Waals surface area contributed by atoms with Crippen molar-refractivity contribution < 1.29 is 123 Å².